The summed E-state index contributed by atoms with van der Waals surface area (Å²) in [5, 5.41) is 16.1. The number of hydrogen-bond acceptors (Lipinski definition) is 5. The highest BCUT2D eigenvalue weighted by Gasteiger charge is 2.36. The van der Waals surface area contributed by atoms with E-state index >= 15 is 0 Å². The van der Waals surface area contributed by atoms with Gasteiger partial charge in [-0.3, -0.25) is 10.2 Å². The van der Waals surface area contributed by atoms with Crippen LogP contribution in [0.2, 0.25) is 5.02 Å². The topological polar surface area (TPSA) is 83.0 Å². The van der Waals surface area contributed by atoms with Gasteiger partial charge in [-0.05, 0) is 61.5 Å². The van der Waals surface area contributed by atoms with Gasteiger partial charge in [0.15, 0.2) is 5.84 Å². The summed E-state index contributed by atoms with van der Waals surface area (Å²) in [6.07, 6.45) is 1.70. The van der Waals surface area contributed by atoms with Gasteiger partial charge in [-0.2, -0.15) is 15.1 Å². The van der Waals surface area contributed by atoms with Crippen LogP contribution in [0.15, 0.2) is 70.3 Å². The maximum Gasteiger partial charge on any atom is 0.283 e. The molecule has 0 saturated heterocycles. The van der Waals surface area contributed by atoms with Crippen molar-refractivity contribution in [3.63, 3.8) is 0 Å². The summed E-state index contributed by atoms with van der Waals surface area (Å²) >= 11 is 7.54. The summed E-state index contributed by atoms with van der Waals surface area (Å²) in [4.78, 5) is 17.1. The molecule has 0 fully saturated rings. The van der Waals surface area contributed by atoms with Crippen molar-refractivity contribution in [1.82, 2.24) is 9.58 Å². The van der Waals surface area contributed by atoms with E-state index in [0.29, 0.717) is 15.2 Å². The molecule has 2 aromatic carbocycles. The van der Waals surface area contributed by atoms with E-state index in [1.54, 1.807) is 19.3 Å². The van der Waals surface area contributed by atoms with Crippen molar-refractivity contribution in [2.75, 3.05) is 7.11 Å². The van der Waals surface area contributed by atoms with E-state index in [1.807, 2.05) is 62.4 Å². The smallest absolute Gasteiger partial charge is 0.283 e. The highest BCUT2D eigenvalue weighted by atomic mass is 35.5. The molecule has 5 rings (SSSR count). The number of carbonyl (C=O) groups is 1. The first-order valence-electron chi connectivity index (χ1n) is 10.5. The molecule has 0 saturated carbocycles. The Balaban J connectivity index is 1.53. The number of fused-ring (bicyclic) bond motifs is 1. The minimum atomic E-state index is -0.471. The lowest BCUT2D eigenvalue weighted by atomic mass is 10.1. The summed E-state index contributed by atoms with van der Waals surface area (Å²) in [5.74, 6) is 0.253. The van der Waals surface area contributed by atoms with Crippen LogP contribution in [-0.4, -0.2) is 38.6 Å². The number of hydrazone groups is 1. The van der Waals surface area contributed by atoms with Gasteiger partial charge in [-0.25, -0.2) is 0 Å². The Hall–Kier alpha value is -3.62. The maximum atomic E-state index is 12.9. The first-order chi connectivity index (χ1) is 16.4. The Morgan fingerprint density at radius 1 is 1.12 bits per heavy atom. The van der Waals surface area contributed by atoms with Crippen LogP contribution in [0.1, 0.15) is 22.5 Å². The van der Waals surface area contributed by atoms with Gasteiger partial charge < -0.3 is 9.30 Å². The highest BCUT2D eigenvalue weighted by molar-refractivity contribution is 8.27. The second-order valence-electron chi connectivity index (χ2n) is 7.74. The molecule has 0 bridgehead atoms. The third-order valence-electron chi connectivity index (χ3n) is 5.65. The number of hydrogen-bond donors (Lipinski definition) is 1. The van der Waals surface area contributed by atoms with Gasteiger partial charge in [0.25, 0.3) is 5.91 Å². The van der Waals surface area contributed by atoms with Gasteiger partial charge in [-0.15, -0.1) is 0 Å². The first-order valence-corrected chi connectivity index (χ1v) is 11.7. The molecule has 9 heteroatoms. The van der Waals surface area contributed by atoms with Crippen LogP contribution < -0.4 is 4.74 Å². The van der Waals surface area contributed by atoms with Crippen LogP contribution in [0.5, 0.6) is 5.75 Å². The average molecular weight is 490 g/mol. The SMILES string of the molecule is COc1ccccc1-n1c(C)cc(/C=C2\C(=N)N3N=C(c4ccccc4Cl)SC3=NC2=O)c1C. The quantitative estimate of drug-likeness (QED) is 0.496. The van der Waals surface area contributed by atoms with Gasteiger partial charge in [0.05, 0.1) is 23.4 Å². The minimum absolute atomic E-state index is 0.0216. The van der Waals surface area contributed by atoms with Crippen LogP contribution in [0, 0.1) is 19.3 Å². The van der Waals surface area contributed by atoms with Crippen molar-refractivity contribution >= 4 is 51.4 Å². The number of para-hydroxylation sites is 2. The Morgan fingerprint density at radius 2 is 1.85 bits per heavy atom. The zero-order valence-electron chi connectivity index (χ0n) is 18.7. The van der Waals surface area contributed by atoms with Crippen molar-refractivity contribution in [2.45, 2.75) is 13.8 Å². The lowest BCUT2D eigenvalue weighted by Gasteiger charge is -2.20. The summed E-state index contributed by atoms with van der Waals surface area (Å²) < 4.78 is 7.60. The van der Waals surface area contributed by atoms with Crippen molar-refractivity contribution in [1.29, 1.82) is 5.41 Å². The molecule has 0 radical (unpaired) electrons. The van der Waals surface area contributed by atoms with Crippen molar-refractivity contribution < 1.29 is 9.53 Å². The van der Waals surface area contributed by atoms with Gasteiger partial charge in [0.1, 0.15) is 10.8 Å². The van der Waals surface area contributed by atoms with Crippen LogP contribution >= 0.6 is 23.4 Å². The molecule has 0 aliphatic carbocycles. The number of amides is 1. The second kappa shape index (κ2) is 8.62. The van der Waals surface area contributed by atoms with Crippen LogP contribution in [-0.2, 0) is 4.79 Å². The molecule has 1 amide bonds. The Morgan fingerprint density at radius 3 is 2.62 bits per heavy atom. The van der Waals surface area contributed by atoms with Crippen LogP contribution in [0.25, 0.3) is 11.8 Å². The first kappa shape index (κ1) is 22.2. The highest BCUT2D eigenvalue weighted by Crippen LogP contribution is 2.34. The molecule has 1 N–H and O–H groups in total. The number of amidine groups is 2. The van der Waals surface area contributed by atoms with E-state index in [4.69, 9.17) is 21.7 Å². The van der Waals surface area contributed by atoms with Crippen molar-refractivity contribution in [3.8, 4) is 11.4 Å². The van der Waals surface area contributed by atoms with E-state index in [2.05, 4.69) is 14.7 Å². The maximum absolute atomic E-state index is 12.9. The fourth-order valence-electron chi connectivity index (χ4n) is 4.01. The number of nitrogens with zero attached hydrogens (tertiary/aromatic N) is 4. The number of methoxy groups -OCH3 is 1. The third kappa shape index (κ3) is 3.65. The molecule has 3 heterocycles. The van der Waals surface area contributed by atoms with E-state index in [-0.39, 0.29) is 11.4 Å². The third-order valence-corrected chi connectivity index (χ3v) is 6.93. The van der Waals surface area contributed by atoms with Crippen LogP contribution in [0.4, 0.5) is 0 Å². The molecular weight excluding hydrogens is 470 g/mol. The van der Waals surface area contributed by atoms with Crippen molar-refractivity contribution in [2.24, 2.45) is 10.1 Å². The number of aryl methyl sites for hydroxylation is 1. The molecule has 3 aromatic rings. The molecule has 0 unspecified atom stereocenters. The summed E-state index contributed by atoms with van der Waals surface area (Å²) in [6.45, 7) is 3.96. The van der Waals surface area contributed by atoms with Gasteiger partial charge >= 0.3 is 0 Å². The lowest BCUT2D eigenvalue weighted by Crippen LogP contribution is -2.35. The van der Waals surface area contributed by atoms with Crippen molar-refractivity contribution in [3.05, 3.63) is 87.7 Å². The molecule has 2 aliphatic heterocycles. The predicted molar refractivity (Wildman–Crippen MR) is 137 cm³/mol. The molecule has 170 valence electrons. The number of rotatable bonds is 4. The normalized spacial score (nSPS) is 16.6. The number of ether oxygens (including phenoxy) is 1. The molecular formula is C25H20ClN5O2S. The number of carbonyl (C=O) groups excluding carboxylic acids is 1. The van der Waals surface area contributed by atoms with E-state index in [0.717, 1.165) is 34.0 Å². The number of aromatic nitrogens is 1. The zero-order chi connectivity index (χ0) is 24.0. The lowest BCUT2D eigenvalue weighted by molar-refractivity contribution is -0.114. The molecule has 34 heavy (non-hydrogen) atoms. The van der Waals surface area contributed by atoms with Gasteiger partial charge in [-0.1, -0.05) is 41.9 Å². The number of nitrogens with one attached hydrogen (secondary N) is 1. The summed E-state index contributed by atoms with van der Waals surface area (Å²) in [6, 6.07) is 17.1. The van der Waals surface area contributed by atoms with Gasteiger partial charge in [0, 0.05) is 17.0 Å². The second-order valence-corrected chi connectivity index (χ2v) is 9.10. The standard InChI is InChI=1S/C25H20ClN5O2S/c1-14-12-16(15(2)30(14)20-10-6-7-11-21(20)33-3)13-18-22(27)31-25(28-23(18)32)34-24(29-31)17-8-4-5-9-19(17)26/h4-13,27H,1-3H3/b18-13+,27-22?. The van der Waals surface area contributed by atoms with E-state index in [1.165, 1.54) is 16.8 Å². The zero-order valence-corrected chi connectivity index (χ0v) is 20.2. The Bertz CT molecular complexity index is 1450. The number of benzene rings is 2. The summed E-state index contributed by atoms with van der Waals surface area (Å²) in [5.41, 5.74) is 4.52. The average Bonchev–Trinajstić information content (AvgIpc) is 3.37. The monoisotopic (exact) mass is 489 g/mol. The minimum Gasteiger partial charge on any atom is -0.495 e. The molecule has 2 aliphatic rings. The van der Waals surface area contributed by atoms with Crippen LogP contribution in [0.3, 0.4) is 0 Å². The Labute approximate surface area is 205 Å². The Kier molecular flexibility index (Phi) is 5.63. The largest absolute Gasteiger partial charge is 0.495 e. The molecule has 7 nitrogen and oxygen atoms in total. The fraction of sp³-hybridized carbons (Fsp3) is 0.120. The predicted octanol–water partition coefficient (Wildman–Crippen LogP) is 5.42. The number of thioether (sulfide) groups is 1. The number of aliphatic imine (C=N–C) groups is 1. The molecule has 1 aromatic heterocycles. The molecule has 0 atom stereocenters. The fourth-order valence-corrected chi connectivity index (χ4v) is 5.22. The number of halogens is 1. The van der Waals surface area contributed by atoms with E-state index < -0.39 is 5.91 Å². The summed E-state index contributed by atoms with van der Waals surface area (Å²) in [7, 11) is 1.64. The van der Waals surface area contributed by atoms with E-state index in [9.17, 15) is 4.79 Å². The molecule has 0 spiro atoms. The van der Waals surface area contributed by atoms with Gasteiger partial charge in [0.2, 0.25) is 5.17 Å².